The topological polar surface area (TPSA) is 3.24 Å². The van der Waals surface area contributed by atoms with Gasteiger partial charge in [0.15, 0.2) is 0 Å². The second-order valence-electron chi connectivity index (χ2n) is 7.94. The maximum absolute atomic E-state index is 2.61. The Labute approximate surface area is 144 Å². The molecule has 0 saturated carbocycles. The largest absolute Gasteiger partial charge is 0.364 e. The molecule has 0 amide bonds. The van der Waals surface area contributed by atoms with Crippen LogP contribution in [0.2, 0.25) is 0 Å². The van der Waals surface area contributed by atoms with Crippen LogP contribution in [0.3, 0.4) is 0 Å². The van der Waals surface area contributed by atoms with Crippen LogP contribution in [-0.2, 0) is 6.42 Å². The zero-order chi connectivity index (χ0) is 16.7. The molecule has 3 aromatic carbocycles. The van der Waals surface area contributed by atoms with Crippen LogP contribution in [0.25, 0.3) is 10.8 Å². The molecule has 1 nitrogen and oxygen atoms in total. The smallest absolute Gasteiger partial charge is 0.0593 e. The molecule has 24 heavy (non-hydrogen) atoms. The van der Waals surface area contributed by atoms with Gasteiger partial charge in [-0.1, -0.05) is 75.4 Å². The van der Waals surface area contributed by atoms with Crippen molar-refractivity contribution in [2.45, 2.75) is 33.2 Å². The standard InChI is InChI=1S/C23H25N/c1-23(2,3)22-21-11-7-6-9-18(21)14-15-24(22)20-13-12-17-8-4-5-10-19(17)16-20/h4-13,16,22H,14-15H2,1-3H3. The predicted molar refractivity (Wildman–Crippen MR) is 104 cm³/mol. The van der Waals surface area contributed by atoms with Gasteiger partial charge in [0.05, 0.1) is 6.04 Å². The highest BCUT2D eigenvalue weighted by molar-refractivity contribution is 5.86. The van der Waals surface area contributed by atoms with E-state index in [4.69, 9.17) is 0 Å². The summed E-state index contributed by atoms with van der Waals surface area (Å²) in [7, 11) is 0. The molecule has 1 aliphatic rings. The number of rotatable bonds is 1. The minimum atomic E-state index is 0.183. The lowest BCUT2D eigenvalue weighted by Gasteiger charge is -2.46. The van der Waals surface area contributed by atoms with Crippen molar-refractivity contribution in [3.05, 3.63) is 77.9 Å². The van der Waals surface area contributed by atoms with E-state index >= 15 is 0 Å². The third-order valence-corrected chi connectivity index (χ3v) is 5.17. The molecule has 4 rings (SSSR count). The molecular formula is C23H25N. The highest BCUT2D eigenvalue weighted by Gasteiger charge is 2.36. The molecule has 0 bridgehead atoms. The molecule has 0 spiro atoms. The zero-order valence-electron chi connectivity index (χ0n) is 14.8. The SMILES string of the molecule is CC(C)(C)C1c2ccccc2CCN1c1ccc2ccccc2c1. The highest BCUT2D eigenvalue weighted by atomic mass is 15.2. The first-order chi connectivity index (χ1) is 11.5. The first-order valence-electron chi connectivity index (χ1n) is 8.87. The molecule has 0 N–H and O–H groups in total. The third kappa shape index (κ3) is 2.58. The maximum atomic E-state index is 2.61. The number of fused-ring (bicyclic) bond motifs is 2. The van der Waals surface area contributed by atoms with Gasteiger partial charge in [0.2, 0.25) is 0 Å². The second-order valence-corrected chi connectivity index (χ2v) is 7.94. The molecule has 3 aromatic rings. The minimum absolute atomic E-state index is 0.183. The van der Waals surface area contributed by atoms with Crippen LogP contribution in [0.1, 0.15) is 37.9 Å². The summed E-state index contributed by atoms with van der Waals surface area (Å²) in [5.74, 6) is 0. The van der Waals surface area contributed by atoms with E-state index in [0.29, 0.717) is 6.04 Å². The zero-order valence-corrected chi connectivity index (χ0v) is 14.8. The van der Waals surface area contributed by atoms with Crippen molar-refractivity contribution in [3.8, 4) is 0 Å². The number of anilines is 1. The number of benzene rings is 3. The van der Waals surface area contributed by atoms with E-state index in [0.717, 1.165) is 13.0 Å². The lowest BCUT2D eigenvalue weighted by Crippen LogP contribution is -2.42. The van der Waals surface area contributed by atoms with Crippen molar-refractivity contribution in [1.29, 1.82) is 0 Å². The van der Waals surface area contributed by atoms with Gasteiger partial charge in [-0.05, 0) is 45.9 Å². The molecule has 0 aromatic heterocycles. The summed E-state index contributed by atoms with van der Waals surface area (Å²) in [5, 5.41) is 2.63. The Hall–Kier alpha value is -2.28. The summed E-state index contributed by atoms with van der Waals surface area (Å²) in [4.78, 5) is 2.61. The van der Waals surface area contributed by atoms with Gasteiger partial charge in [0.25, 0.3) is 0 Å². The molecular weight excluding hydrogens is 290 g/mol. The van der Waals surface area contributed by atoms with E-state index in [2.05, 4.69) is 92.4 Å². The van der Waals surface area contributed by atoms with Crippen LogP contribution in [0.5, 0.6) is 0 Å². The Morgan fingerprint density at radius 2 is 1.54 bits per heavy atom. The van der Waals surface area contributed by atoms with Crippen molar-refractivity contribution in [1.82, 2.24) is 0 Å². The molecule has 1 atom stereocenters. The lowest BCUT2D eigenvalue weighted by atomic mass is 9.77. The highest BCUT2D eigenvalue weighted by Crippen LogP contribution is 2.44. The van der Waals surface area contributed by atoms with E-state index in [9.17, 15) is 0 Å². The Kier molecular flexibility index (Phi) is 3.60. The summed E-state index contributed by atoms with van der Waals surface area (Å²) in [6, 6.07) is 24.9. The van der Waals surface area contributed by atoms with Gasteiger partial charge >= 0.3 is 0 Å². The van der Waals surface area contributed by atoms with Gasteiger partial charge in [-0.15, -0.1) is 0 Å². The van der Waals surface area contributed by atoms with Crippen molar-refractivity contribution in [2.75, 3.05) is 11.4 Å². The molecule has 0 saturated heterocycles. The lowest BCUT2D eigenvalue weighted by molar-refractivity contribution is 0.299. The van der Waals surface area contributed by atoms with Crippen LogP contribution >= 0.6 is 0 Å². The van der Waals surface area contributed by atoms with E-state index in [1.165, 1.54) is 27.6 Å². The molecule has 1 heterocycles. The summed E-state index contributed by atoms with van der Waals surface area (Å²) < 4.78 is 0. The Balaban J connectivity index is 1.83. The number of hydrogen-bond acceptors (Lipinski definition) is 1. The van der Waals surface area contributed by atoms with E-state index in [-0.39, 0.29) is 5.41 Å². The van der Waals surface area contributed by atoms with Crippen LogP contribution in [0.4, 0.5) is 5.69 Å². The average Bonchev–Trinajstić information content (AvgIpc) is 2.59. The fourth-order valence-corrected chi connectivity index (χ4v) is 4.13. The molecule has 1 heteroatoms. The maximum Gasteiger partial charge on any atom is 0.0593 e. The van der Waals surface area contributed by atoms with Gasteiger partial charge in [0.1, 0.15) is 0 Å². The summed E-state index contributed by atoms with van der Waals surface area (Å²) in [6.45, 7) is 8.15. The van der Waals surface area contributed by atoms with E-state index in [1.807, 2.05) is 0 Å². The second kappa shape index (κ2) is 5.66. The fourth-order valence-electron chi connectivity index (χ4n) is 4.13. The third-order valence-electron chi connectivity index (χ3n) is 5.17. The van der Waals surface area contributed by atoms with Crippen LogP contribution in [0.15, 0.2) is 66.7 Å². The molecule has 0 aliphatic carbocycles. The minimum Gasteiger partial charge on any atom is -0.364 e. The Morgan fingerprint density at radius 1 is 0.833 bits per heavy atom. The first kappa shape index (κ1) is 15.3. The molecule has 1 unspecified atom stereocenters. The van der Waals surface area contributed by atoms with Crippen molar-refractivity contribution in [3.63, 3.8) is 0 Å². The van der Waals surface area contributed by atoms with Gasteiger partial charge in [-0.2, -0.15) is 0 Å². The molecule has 0 fully saturated rings. The van der Waals surface area contributed by atoms with Crippen LogP contribution in [-0.4, -0.2) is 6.54 Å². The van der Waals surface area contributed by atoms with Gasteiger partial charge in [-0.3, -0.25) is 0 Å². The summed E-state index contributed by atoms with van der Waals surface area (Å²) in [6.07, 6.45) is 1.12. The number of hydrogen-bond donors (Lipinski definition) is 0. The molecule has 1 aliphatic heterocycles. The molecule has 0 radical (unpaired) electrons. The first-order valence-corrected chi connectivity index (χ1v) is 8.87. The van der Waals surface area contributed by atoms with Crippen molar-refractivity contribution in [2.24, 2.45) is 5.41 Å². The number of nitrogens with zero attached hydrogens (tertiary/aromatic N) is 1. The van der Waals surface area contributed by atoms with Crippen LogP contribution < -0.4 is 4.90 Å². The van der Waals surface area contributed by atoms with Gasteiger partial charge in [0, 0.05) is 12.2 Å². The van der Waals surface area contributed by atoms with E-state index < -0.39 is 0 Å². The van der Waals surface area contributed by atoms with E-state index in [1.54, 1.807) is 0 Å². The normalized spacial score (nSPS) is 17.8. The Morgan fingerprint density at radius 3 is 2.33 bits per heavy atom. The van der Waals surface area contributed by atoms with Gasteiger partial charge in [-0.25, -0.2) is 0 Å². The monoisotopic (exact) mass is 315 g/mol. The average molecular weight is 315 g/mol. The van der Waals surface area contributed by atoms with Crippen molar-refractivity contribution >= 4 is 16.5 Å². The Bertz CT molecular complexity index is 872. The quantitative estimate of drug-likeness (QED) is 0.533. The molecule has 122 valence electrons. The summed E-state index contributed by atoms with van der Waals surface area (Å²) >= 11 is 0. The van der Waals surface area contributed by atoms with Crippen LogP contribution in [0, 0.1) is 5.41 Å². The summed E-state index contributed by atoms with van der Waals surface area (Å²) in [5.41, 5.74) is 4.52. The van der Waals surface area contributed by atoms with Gasteiger partial charge < -0.3 is 4.90 Å². The predicted octanol–water partition coefficient (Wildman–Crippen LogP) is 5.99. The van der Waals surface area contributed by atoms with Crippen molar-refractivity contribution < 1.29 is 0 Å². The fraction of sp³-hybridized carbons (Fsp3) is 0.304.